The Morgan fingerprint density at radius 2 is 2.44 bits per heavy atom. The maximum atomic E-state index is 10.5. The number of carboxylic acids is 1. The number of carboxylic acid groups (broad SMARTS) is 1. The molecule has 0 aromatic carbocycles. The smallest absolute Gasteiger partial charge is 0.313 e. The monoisotopic (exact) mass is 284 g/mol. The number of aliphatic carboxylic acids is 1. The van der Waals surface area contributed by atoms with Crippen LogP contribution in [0.4, 0.5) is 0 Å². The van der Waals surface area contributed by atoms with E-state index in [4.69, 9.17) is 5.11 Å². The zero-order valence-electron chi connectivity index (χ0n) is 9.74. The van der Waals surface area contributed by atoms with E-state index in [-0.39, 0.29) is 5.75 Å². The number of aryl methyl sites for hydroxylation is 3. The van der Waals surface area contributed by atoms with Gasteiger partial charge in [-0.25, -0.2) is 4.98 Å². The number of thiazole rings is 1. The highest BCUT2D eigenvalue weighted by molar-refractivity contribution is 7.99. The van der Waals surface area contributed by atoms with Crippen LogP contribution < -0.4 is 0 Å². The lowest BCUT2D eigenvalue weighted by molar-refractivity contribution is -0.133. The first-order valence-electron chi connectivity index (χ1n) is 5.28. The average Bonchev–Trinajstić information content (AvgIpc) is 2.92. The van der Waals surface area contributed by atoms with E-state index in [0.717, 1.165) is 17.1 Å². The first kappa shape index (κ1) is 13.0. The Labute approximate surface area is 112 Å². The van der Waals surface area contributed by atoms with Gasteiger partial charge in [0.2, 0.25) is 0 Å². The second-order valence-corrected chi connectivity index (χ2v) is 5.60. The largest absolute Gasteiger partial charge is 0.481 e. The maximum Gasteiger partial charge on any atom is 0.313 e. The minimum absolute atomic E-state index is 0.00545. The molecule has 0 bridgehead atoms. The van der Waals surface area contributed by atoms with E-state index >= 15 is 0 Å². The molecule has 0 saturated heterocycles. The minimum Gasteiger partial charge on any atom is -0.481 e. The highest BCUT2D eigenvalue weighted by Gasteiger charge is 2.08. The van der Waals surface area contributed by atoms with Crippen molar-refractivity contribution in [1.82, 2.24) is 19.7 Å². The van der Waals surface area contributed by atoms with Crippen LogP contribution in [0.1, 0.15) is 10.7 Å². The van der Waals surface area contributed by atoms with Gasteiger partial charge in [0.25, 0.3) is 0 Å². The third-order valence-corrected chi connectivity index (χ3v) is 3.97. The van der Waals surface area contributed by atoms with Gasteiger partial charge >= 0.3 is 5.97 Å². The number of hydrogen-bond acceptors (Lipinski definition) is 6. The Morgan fingerprint density at radius 1 is 1.61 bits per heavy atom. The van der Waals surface area contributed by atoms with Crippen LogP contribution >= 0.6 is 23.1 Å². The van der Waals surface area contributed by atoms with Crippen molar-refractivity contribution in [2.75, 3.05) is 5.75 Å². The quantitative estimate of drug-likeness (QED) is 0.809. The van der Waals surface area contributed by atoms with Gasteiger partial charge in [0, 0.05) is 18.3 Å². The predicted molar refractivity (Wildman–Crippen MR) is 68.9 cm³/mol. The van der Waals surface area contributed by atoms with Crippen molar-refractivity contribution in [2.45, 2.75) is 25.0 Å². The molecule has 0 aliphatic heterocycles. The Hall–Kier alpha value is -1.41. The predicted octanol–water partition coefficient (Wildman–Crippen LogP) is 1.46. The fraction of sp³-hybridized carbons (Fsp3) is 0.400. The molecule has 2 rings (SSSR count). The standard InChI is InChI=1S/C10H12N4O2S2/c1-7-12-8(4-17-7)2-3-14-6-11-13-10(14)18-5-9(15)16/h4,6H,2-3,5H2,1H3,(H,15,16). The maximum absolute atomic E-state index is 10.5. The van der Waals surface area contributed by atoms with Gasteiger partial charge in [-0.15, -0.1) is 21.5 Å². The normalized spacial score (nSPS) is 10.7. The Kier molecular flexibility index (Phi) is 4.32. The Morgan fingerprint density at radius 3 is 3.11 bits per heavy atom. The molecule has 0 fully saturated rings. The Balaban J connectivity index is 1.93. The topological polar surface area (TPSA) is 80.9 Å². The summed E-state index contributed by atoms with van der Waals surface area (Å²) in [5.41, 5.74) is 1.04. The number of carbonyl (C=O) groups is 1. The van der Waals surface area contributed by atoms with E-state index in [1.807, 2.05) is 16.9 Å². The fourth-order valence-corrected chi connectivity index (χ4v) is 2.70. The lowest BCUT2D eigenvalue weighted by Crippen LogP contribution is -2.04. The van der Waals surface area contributed by atoms with Gasteiger partial charge in [-0.1, -0.05) is 11.8 Å². The molecule has 2 heterocycles. The van der Waals surface area contributed by atoms with Crippen molar-refractivity contribution >= 4 is 29.1 Å². The lowest BCUT2D eigenvalue weighted by atomic mass is 10.3. The second-order valence-electron chi connectivity index (χ2n) is 3.60. The molecule has 1 N–H and O–H groups in total. The molecular formula is C10H12N4O2S2. The molecule has 8 heteroatoms. The van der Waals surface area contributed by atoms with Gasteiger partial charge in [-0.2, -0.15) is 0 Å². The van der Waals surface area contributed by atoms with Crippen molar-refractivity contribution in [3.05, 3.63) is 22.4 Å². The molecule has 0 aliphatic rings. The average molecular weight is 284 g/mol. The molecular weight excluding hydrogens is 272 g/mol. The van der Waals surface area contributed by atoms with Crippen LogP contribution in [0, 0.1) is 6.92 Å². The molecule has 0 saturated carbocycles. The molecule has 0 unspecified atom stereocenters. The molecule has 2 aromatic rings. The van der Waals surface area contributed by atoms with E-state index in [1.165, 1.54) is 11.8 Å². The summed E-state index contributed by atoms with van der Waals surface area (Å²) in [6.45, 7) is 2.68. The van der Waals surface area contributed by atoms with Crippen molar-refractivity contribution in [2.24, 2.45) is 0 Å². The van der Waals surface area contributed by atoms with Crippen molar-refractivity contribution in [3.8, 4) is 0 Å². The number of thioether (sulfide) groups is 1. The minimum atomic E-state index is -0.857. The Bertz CT molecular complexity index is 537. The summed E-state index contributed by atoms with van der Waals surface area (Å²) in [5.74, 6) is -0.862. The summed E-state index contributed by atoms with van der Waals surface area (Å²) in [4.78, 5) is 14.9. The summed E-state index contributed by atoms with van der Waals surface area (Å²) in [6.07, 6.45) is 2.41. The zero-order chi connectivity index (χ0) is 13.0. The van der Waals surface area contributed by atoms with E-state index in [1.54, 1.807) is 17.7 Å². The fourth-order valence-electron chi connectivity index (χ4n) is 1.39. The van der Waals surface area contributed by atoms with Gasteiger partial charge in [-0.3, -0.25) is 4.79 Å². The molecule has 0 aliphatic carbocycles. The van der Waals surface area contributed by atoms with Gasteiger partial charge < -0.3 is 9.67 Å². The molecule has 96 valence electrons. The van der Waals surface area contributed by atoms with Crippen molar-refractivity contribution in [3.63, 3.8) is 0 Å². The van der Waals surface area contributed by atoms with Crippen LogP contribution in [0.15, 0.2) is 16.9 Å². The van der Waals surface area contributed by atoms with E-state index < -0.39 is 5.97 Å². The number of aromatic nitrogens is 4. The SMILES string of the molecule is Cc1nc(CCn2cnnc2SCC(=O)O)cs1. The number of hydrogen-bond donors (Lipinski definition) is 1. The molecule has 2 aromatic heterocycles. The van der Waals surface area contributed by atoms with Crippen LogP contribution in [-0.2, 0) is 17.8 Å². The van der Waals surface area contributed by atoms with Crippen LogP contribution in [0.3, 0.4) is 0 Å². The molecule has 0 atom stereocenters. The number of rotatable bonds is 6. The second kappa shape index (κ2) is 5.96. The van der Waals surface area contributed by atoms with Crippen LogP contribution in [0.2, 0.25) is 0 Å². The van der Waals surface area contributed by atoms with Crippen molar-refractivity contribution in [1.29, 1.82) is 0 Å². The lowest BCUT2D eigenvalue weighted by Gasteiger charge is -2.03. The molecule has 6 nitrogen and oxygen atoms in total. The number of nitrogens with zero attached hydrogens (tertiary/aromatic N) is 4. The van der Waals surface area contributed by atoms with E-state index in [0.29, 0.717) is 11.7 Å². The third-order valence-electron chi connectivity index (χ3n) is 2.18. The summed E-state index contributed by atoms with van der Waals surface area (Å²) >= 11 is 2.80. The molecule has 18 heavy (non-hydrogen) atoms. The van der Waals surface area contributed by atoms with Crippen LogP contribution in [0.25, 0.3) is 0 Å². The first-order valence-corrected chi connectivity index (χ1v) is 7.15. The van der Waals surface area contributed by atoms with E-state index in [2.05, 4.69) is 15.2 Å². The summed E-state index contributed by atoms with van der Waals surface area (Å²) in [7, 11) is 0. The third kappa shape index (κ3) is 3.54. The summed E-state index contributed by atoms with van der Waals surface area (Å²) < 4.78 is 1.85. The summed E-state index contributed by atoms with van der Waals surface area (Å²) in [6, 6.07) is 0. The highest BCUT2D eigenvalue weighted by Crippen LogP contribution is 2.15. The highest BCUT2D eigenvalue weighted by atomic mass is 32.2. The molecule has 0 radical (unpaired) electrons. The zero-order valence-corrected chi connectivity index (χ0v) is 11.4. The van der Waals surface area contributed by atoms with Gasteiger partial charge in [-0.05, 0) is 6.92 Å². The van der Waals surface area contributed by atoms with Crippen LogP contribution in [-0.4, -0.2) is 36.6 Å². The summed E-state index contributed by atoms with van der Waals surface area (Å²) in [5, 5.41) is 20.0. The van der Waals surface area contributed by atoms with Gasteiger partial charge in [0.1, 0.15) is 6.33 Å². The van der Waals surface area contributed by atoms with Crippen molar-refractivity contribution < 1.29 is 9.90 Å². The first-order chi connectivity index (χ1) is 8.65. The van der Waals surface area contributed by atoms with Crippen LogP contribution in [0.5, 0.6) is 0 Å². The molecule has 0 amide bonds. The van der Waals surface area contributed by atoms with Gasteiger partial charge in [0.15, 0.2) is 5.16 Å². The van der Waals surface area contributed by atoms with E-state index in [9.17, 15) is 4.79 Å². The molecule has 0 spiro atoms. The van der Waals surface area contributed by atoms with Gasteiger partial charge in [0.05, 0.1) is 16.5 Å².